The zero-order valence-corrected chi connectivity index (χ0v) is 12.3. The van der Waals surface area contributed by atoms with Crippen LogP contribution in [0.1, 0.15) is 42.1 Å². The van der Waals surface area contributed by atoms with Crippen LogP contribution in [0.2, 0.25) is 0 Å². The van der Waals surface area contributed by atoms with Crippen molar-refractivity contribution in [2.45, 2.75) is 44.7 Å². The number of hydrogen-bond donors (Lipinski definition) is 2. The first-order chi connectivity index (χ1) is 10.1. The number of anilines is 1. The lowest BCUT2D eigenvalue weighted by Crippen LogP contribution is -2.51. The first-order valence-electron chi connectivity index (χ1n) is 7.55. The second kappa shape index (κ2) is 5.48. The summed E-state index contributed by atoms with van der Waals surface area (Å²) in [7, 11) is 0. The maximum Gasteiger partial charge on any atom is 0.254 e. The van der Waals surface area contributed by atoms with Crippen LogP contribution in [0.5, 0.6) is 0 Å². The molecule has 2 atom stereocenters. The smallest absolute Gasteiger partial charge is 0.254 e. The van der Waals surface area contributed by atoms with Crippen molar-refractivity contribution in [1.29, 1.82) is 0 Å². The Morgan fingerprint density at radius 3 is 3.00 bits per heavy atom. The molecular formula is C16H21N3O2. The first-order valence-corrected chi connectivity index (χ1v) is 7.55. The van der Waals surface area contributed by atoms with Gasteiger partial charge in [-0.2, -0.15) is 0 Å². The molecule has 0 aliphatic carbocycles. The van der Waals surface area contributed by atoms with Gasteiger partial charge in [-0.25, -0.2) is 0 Å². The fourth-order valence-electron chi connectivity index (χ4n) is 3.28. The third-order valence-electron chi connectivity index (χ3n) is 4.39. The summed E-state index contributed by atoms with van der Waals surface area (Å²) in [5.41, 5.74) is 8.41. The Bertz CT molecular complexity index is 583. The van der Waals surface area contributed by atoms with Crippen molar-refractivity contribution < 1.29 is 9.59 Å². The van der Waals surface area contributed by atoms with Crippen molar-refractivity contribution in [3.8, 4) is 0 Å². The number of likely N-dealkylation sites (tertiary alicyclic amines) is 1. The molecule has 2 heterocycles. The number of rotatable bonds is 2. The van der Waals surface area contributed by atoms with Gasteiger partial charge < -0.3 is 16.0 Å². The van der Waals surface area contributed by atoms with Gasteiger partial charge in [0.1, 0.15) is 0 Å². The molecule has 3 rings (SSSR count). The first kappa shape index (κ1) is 14.1. The van der Waals surface area contributed by atoms with Crippen molar-refractivity contribution >= 4 is 17.5 Å². The Labute approximate surface area is 124 Å². The quantitative estimate of drug-likeness (QED) is 0.866. The number of fused-ring (bicyclic) bond motifs is 1. The van der Waals surface area contributed by atoms with Crippen LogP contribution in [-0.2, 0) is 11.2 Å². The lowest BCUT2D eigenvalue weighted by atomic mass is 9.95. The second-order valence-electron chi connectivity index (χ2n) is 6.02. The summed E-state index contributed by atoms with van der Waals surface area (Å²) < 4.78 is 0. The maximum atomic E-state index is 12.8. The van der Waals surface area contributed by atoms with Crippen molar-refractivity contribution in [2.75, 3.05) is 11.9 Å². The summed E-state index contributed by atoms with van der Waals surface area (Å²) in [6.45, 7) is 2.72. The van der Waals surface area contributed by atoms with E-state index in [0.717, 1.165) is 37.1 Å². The number of nitrogens with one attached hydrogen (secondary N) is 1. The maximum absolute atomic E-state index is 12.8. The summed E-state index contributed by atoms with van der Waals surface area (Å²) in [5.74, 6) is 0.0141. The Kier molecular flexibility index (Phi) is 3.68. The van der Waals surface area contributed by atoms with Gasteiger partial charge in [0.2, 0.25) is 5.91 Å². The minimum atomic E-state index is -0.0214. The van der Waals surface area contributed by atoms with E-state index in [1.807, 2.05) is 24.0 Å². The van der Waals surface area contributed by atoms with E-state index >= 15 is 0 Å². The van der Waals surface area contributed by atoms with Gasteiger partial charge in [0.05, 0.1) is 6.42 Å². The zero-order chi connectivity index (χ0) is 15.0. The normalized spacial score (nSPS) is 22.7. The molecule has 5 heteroatoms. The molecule has 2 unspecified atom stereocenters. The summed E-state index contributed by atoms with van der Waals surface area (Å²) in [6, 6.07) is 5.53. The molecule has 0 radical (unpaired) electrons. The van der Waals surface area contributed by atoms with E-state index in [1.165, 1.54) is 0 Å². The van der Waals surface area contributed by atoms with Crippen molar-refractivity contribution in [1.82, 2.24) is 4.90 Å². The van der Waals surface area contributed by atoms with Crippen LogP contribution in [0.25, 0.3) is 0 Å². The SMILES string of the molecule is CC(N)C1CCCCN1C(=O)c1ccc2c(c1)CC(=O)N2. The number of nitrogens with two attached hydrogens (primary N) is 1. The van der Waals surface area contributed by atoms with Crippen molar-refractivity contribution in [3.05, 3.63) is 29.3 Å². The molecule has 0 spiro atoms. The van der Waals surface area contributed by atoms with E-state index in [-0.39, 0.29) is 23.9 Å². The van der Waals surface area contributed by atoms with Crippen molar-refractivity contribution in [2.24, 2.45) is 5.73 Å². The average molecular weight is 287 g/mol. The Morgan fingerprint density at radius 1 is 1.43 bits per heavy atom. The van der Waals surface area contributed by atoms with Gasteiger partial charge in [-0.1, -0.05) is 0 Å². The molecule has 1 aromatic rings. The van der Waals surface area contributed by atoms with E-state index in [1.54, 1.807) is 6.07 Å². The van der Waals surface area contributed by atoms with Gasteiger partial charge in [0.15, 0.2) is 0 Å². The zero-order valence-electron chi connectivity index (χ0n) is 12.3. The monoisotopic (exact) mass is 287 g/mol. The van der Waals surface area contributed by atoms with E-state index in [9.17, 15) is 9.59 Å². The fourth-order valence-corrected chi connectivity index (χ4v) is 3.28. The standard InChI is InChI=1S/C16H21N3O2/c1-10(17)14-4-2-3-7-19(14)16(21)11-5-6-13-12(8-11)9-15(20)18-13/h5-6,8,10,14H,2-4,7,9,17H2,1H3,(H,18,20). The molecule has 2 amide bonds. The molecule has 3 N–H and O–H groups in total. The van der Waals surface area contributed by atoms with Crippen LogP contribution < -0.4 is 11.1 Å². The average Bonchev–Trinajstić information content (AvgIpc) is 2.85. The predicted molar refractivity (Wildman–Crippen MR) is 81.1 cm³/mol. The molecule has 0 saturated carbocycles. The molecule has 0 bridgehead atoms. The van der Waals surface area contributed by atoms with E-state index in [2.05, 4.69) is 5.32 Å². The van der Waals surface area contributed by atoms with Crippen LogP contribution in [-0.4, -0.2) is 35.3 Å². The highest BCUT2D eigenvalue weighted by Crippen LogP contribution is 2.26. The third-order valence-corrected chi connectivity index (χ3v) is 4.39. The van der Waals surface area contributed by atoms with Gasteiger partial charge in [-0.05, 0) is 49.9 Å². The third kappa shape index (κ3) is 2.65. The van der Waals surface area contributed by atoms with Crippen LogP contribution >= 0.6 is 0 Å². The van der Waals surface area contributed by atoms with Crippen LogP contribution in [0.15, 0.2) is 18.2 Å². The van der Waals surface area contributed by atoms with Gasteiger partial charge in [-0.3, -0.25) is 9.59 Å². The highest BCUT2D eigenvalue weighted by Gasteiger charge is 2.30. The van der Waals surface area contributed by atoms with Crippen LogP contribution in [0, 0.1) is 0 Å². The molecule has 2 aliphatic heterocycles. The lowest BCUT2D eigenvalue weighted by Gasteiger charge is -2.38. The number of nitrogens with zero attached hydrogens (tertiary/aromatic N) is 1. The highest BCUT2D eigenvalue weighted by atomic mass is 16.2. The van der Waals surface area contributed by atoms with E-state index < -0.39 is 0 Å². The Morgan fingerprint density at radius 2 is 2.24 bits per heavy atom. The molecule has 1 saturated heterocycles. The number of carbonyl (C=O) groups is 2. The minimum Gasteiger partial charge on any atom is -0.334 e. The summed E-state index contributed by atoms with van der Waals surface area (Å²) in [5, 5.41) is 2.79. The molecule has 2 aliphatic rings. The van der Waals surface area contributed by atoms with Crippen molar-refractivity contribution in [3.63, 3.8) is 0 Å². The number of hydrogen-bond acceptors (Lipinski definition) is 3. The second-order valence-corrected chi connectivity index (χ2v) is 6.02. The minimum absolute atomic E-state index is 0.0129. The molecule has 1 aromatic carbocycles. The van der Waals surface area contributed by atoms with Gasteiger partial charge in [0, 0.05) is 29.9 Å². The predicted octanol–water partition coefficient (Wildman–Crippen LogP) is 1.52. The molecular weight excluding hydrogens is 266 g/mol. The molecule has 112 valence electrons. The fraction of sp³-hybridized carbons (Fsp3) is 0.500. The summed E-state index contributed by atoms with van der Waals surface area (Å²) >= 11 is 0. The Hall–Kier alpha value is -1.88. The van der Waals surface area contributed by atoms with E-state index in [0.29, 0.717) is 12.0 Å². The number of benzene rings is 1. The number of amides is 2. The summed E-state index contributed by atoms with van der Waals surface area (Å²) in [6.07, 6.45) is 3.47. The number of piperidine rings is 1. The van der Waals surface area contributed by atoms with Gasteiger partial charge >= 0.3 is 0 Å². The molecule has 0 aromatic heterocycles. The lowest BCUT2D eigenvalue weighted by molar-refractivity contribution is -0.115. The largest absolute Gasteiger partial charge is 0.334 e. The Balaban J connectivity index is 1.84. The summed E-state index contributed by atoms with van der Waals surface area (Å²) in [4.78, 5) is 26.1. The molecule has 1 fully saturated rings. The van der Waals surface area contributed by atoms with E-state index in [4.69, 9.17) is 5.73 Å². The number of carbonyl (C=O) groups excluding carboxylic acids is 2. The van der Waals surface area contributed by atoms with Gasteiger partial charge in [0.25, 0.3) is 5.91 Å². The van der Waals surface area contributed by atoms with Crippen LogP contribution in [0.3, 0.4) is 0 Å². The van der Waals surface area contributed by atoms with Gasteiger partial charge in [-0.15, -0.1) is 0 Å². The highest BCUT2D eigenvalue weighted by molar-refractivity contribution is 6.01. The van der Waals surface area contributed by atoms with Crippen LogP contribution in [0.4, 0.5) is 5.69 Å². The molecule has 21 heavy (non-hydrogen) atoms. The molecule has 5 nitrogen and oxygen atoms in total. The topological polar surface area (TPSA) is 75.4 Å².